The number of Topliss-reactive ketones (excluding diaryl/α,β-unsaturated/α-hetero) is 1. The van der Waals surface area contributed by atoms with Gasteiger partial charge in [0.1, 0.15) is 0 Å². The molecule has 3 rings (SSSR count). The lowest BCUT2D eigenvalue weighted by Gasteiger charge is -2.09. The molecule has 0 atom stereocenters. The first kappa shape index (κ1) is 16.3. The van der Waals surface area contributed by atoms with Crippen molar-refractivity contribution in [1.29, 1.82) is 0 Å². The molecular formula is C19H16F3NO. The second-order valence-electron chi connectivity index (χ2n) is 5.66. The number of hydrogen-bond donors (Lipinski definition) is 0. The van der Waals surface area contributed by atoms with Gasteiger partial charge in [-0.05, 0) is 23.8 Å². The maximum atomic E-state index is 12.6. The lowest BCUT2D eigenvalue weighted by molar-refractivity contribution is -0.137. The molecule has 1 aromatic heterocycles. The third kappa shape index (κ3) is 3.07. The molecule has 0 saturated heterocycles. The van der Waals surface area contributed by atoms with Crippen LogP contribution in [0.1, 0.15) is 34.8 Å². The van der Waals surface area contributed by atoms with E-state index in [1.807, 2.05) is 35.8 Å². The number of carbonyl (C=O) groups is 1. The zero-order valence-corrected chi connectivity index (χ0v) is 13.1. The van der Waals surface area contributed by atoms with Crippen molar-refractivity contribution < 1.29 is 18.0 Å². The van der Waals surface area contributed by atoms with Gasteiger partial charge in [0.2, 0.25) is 0 Å². The van der Waals surface area contributed by atoms with Crippen LogP contribution in [0.15, 0.2) is 54.7 Å². The van der Waals surface area contributed by atoms with Gasteiger partial charge in [-0.2, -0.15) is 13.2 Å². The van der Waals surface area contributed by atoms with E-state index >= 15 is 0 Å². The summed E-state index contributed by atoms with van der Waals surface area (Å²) in [5, 5.41) is 0.872. The summed E-state index contributed by atoms with van der Waals surface area (Å²) in [5.41, 5.74) is 1.64. The number of alkyl halides is 3. The fourth-order valence-corrected chi connectivity index (χ4v) is 2.79. The highest BCUT2D eigenvalue weighted by molar-refractivity contribution is 6.08. The zero-order valence-electron chi connectivity index (χ0n) is 13.1. The van der Waals surface area contributed by atoms with Crippen LogP contribution in [-0.4, -0.2) is 10.4 Å². The van der Waals surface area contributed by atoms with E-state index in [4.69, 9.17) is 0 Å². The van der Waals surface area contributed by atoms with Crippen LogP contribution < -0.4 is 0 Å². The Balaban J connectivity index is 1.97. The number of aromatic nitrogens is 1. The Labute approximate surface area is 137 Å². The predicted octanol–water partition coefficient (Wildman–Crippen LogP) is 5.30. The number of benzene rings is 2. The molecule has 0 fully saturated rings. The number of carbonyl (C=O) groups excluding carboxylic acids is 1. The largest absolute Gasteiger partial charge is 0.416 e. The Morgan fingerprint density at radius 2 is 1.71 bits per heavy atom. The maximum absolute atomic E-state index is 12.6. The van der Waals surface area contributed by atoms with Crippen molar-refractivity contribution in [3.63, 3.8) is 0 Å². The van der Waals surface area contributed by atoms with E-state index in [9.17, 15) is 18.0 Å². The third-order valence-corrected chi connectivity index (χ3v) is 4.04. The molecular weight excluding hydrogens is 315 g/mol. The minimum atomic E-state index is -4.33. The first-order valence-electron chi connectivity index (χ1n) is 7.67. The molecule has 0 N–H and O–H groups in total. The summed E-state index contributed by atoms with van der Waals surface area (Å²) in [4.78, 5) is 12.1. The highest BCUT2D eigenvalue weighted by Crippen LogP contribution is 2.29. The second-order valence-corrected chi connectivity index (χ2v) is 5.66. The van der Waals surface area contributed by atoms with E-state index in [2.05, 4.69) is 0 Å². The van der Waals surface area contributed by atoms with E-state index in [-0.39, 0.29) is 5.78 Å². The summed E-state index contributed by atoms with van der Waals surface area (Å²) in [6.07, 6.45) is -2.14. The predicted molar refractivity (Wildman–Crippen MR) is 87.1 cm³/mol. The number of rotatable bonds is 4. The third-order valence-electron chi connectivity index (χ3n) is 4.04. The standard InChI is InChI=1S/C19H16F3NO/c1-2-18(24)16-12-23(17-6-4-3-5-15(16)17)11-13-7-9-14(10-8-13)19(20,21)22/h3-10,12H,2,11H2,1H3. The van der Waals surface area contributed by atoms with E-state index in [1.54, 1.807) is 6.20 Å². The molecule has 0 aliphatic rings. The molecule has 2 aromatic carbocycles. The molecule has 2 nitrogen and oxygen atoms in total. The monoisotopic (exact) mass is 331 g/mol. The summed E-state index contributed by atoms with van der Waals surface area (Å²) >= 11 is 0. The summed E-state index contributed by atoms with van der Waals surface area (Å²) < 4.78 is 39.8. The summed E-state index contributed by atoms with van der Waals surface area (Å²) in [7, 11) is 0. The van der Waals surface area contributed by atoms with Gasteiger partial charge in [0.15, 0.2) is 5.78 Å². The highest BCUT2D eigenvalue weighted by Gasteiger charge is 2.29. The van der Waals surface area contributed by atoms with Crippen LogP contribution in [0.4, 0.5) is 13.2 Å². The molecule has 0 aliphatic heterocycles. The van der Waals surface area contributed by atoms with Gasteiger partial charge in [-0.3, -0.25) is 4.79 Å². The molecule has 1 heterocycles. The molecule has 0 bridgehead atoms. The van der Waals surface area contributed by atoms with Crippen molar-refractivity contribution in [1.82, 2.24) is 4.57 Å². The Bertz CT molecular complexity index is 876. The Kier molecular flexibility index (Phi) is 4.18. The Morgan fingerprint density at radius 3 is 2.33 bits per heavy atom. The molecule has 0 saturated carbocycles. The van der Waals surface area contributed by atoms with E-state index in [1.165, 1.54) is 12.1 Å². The summed E-state index contributed by atoms with van der Waals surface area (Å²) in [5.74, 6) is 0.0531. The fourth-order valence-electron chi connectivity index (χ4n) is 2.79. The topological polar surface area (TPSA) is 22.0 Å². The minimum Gasteiger partial charge on any atom is -0.342 e. The number of nitrogens with zero attached hydrogens (tertiary/aromatic N) is 1. The van der Waals surface area contributed by atoms with Crippen LogP contribution in [0.5, 0.6) is 0 Å². The van der Waals surface area contributed by atoms with Crippen molar-refractivity contribution in [2.75, 3.05) is 0 Å². The van der Waals surface area contributed by atoms with Gasteiger partial charge in [-0.25, -0.2) is 0 Å². The average Bonchev–Trinajstić information content (AvgIpc) is 2.93. The average molecular weight is 331 g/mol. The highest BCUT2D eigenvalue weighted by atomic mass is 19.4. The van der Waals surface area contributed by atoms with Crippen LogP contribution in [0.2, 0.25) is 0 Å². The minimum absolute atomic E-state index is 0.0531. The van der Waals surface area contributed by atoms with Crippen LogP contribution in [0.3, 0.4) is 0 Å². The van der Waals surface area contributed by atoms with Crippen molar-refractivity contribution in [3.05, 3.63) is 71.4 Å². The molecule has 0 amide bonds. The number of halogens is 3. The van der Waals surface area contributed by atoms with Crippen LogP contribution in [-0.2, 0) is 12.7 Å². The second kappa shape index (κ2) is 6.15. The first-order chi connectivity index (χ1) is 11.4. The van der Waals surface area contributed by atoms with Crippen molar-refractivity contribution >= 4 is 16.7 Å². The molecule has 24 heavy (non-hydrogen) atoms. The normalized spacial score (nSPS) is 11.8. The van der Waals surface area contributed by atoms with Gasteiger partial charge in [0, 0.05) is 35.6 Å². The SMILES string of the molecule is CCC(=O)c1cn(Cc2ccc(C(F)(F)F)cc2)c2ccccc12. The number of para-hydroxylation sites is 1. The summed E-state index contributed by atoms with van der Waals surface area (Å²) in [6, 6.07) is 12.7. The fraction of sp³-hybridized carbons (Fsp3) is 0.211. The molecule has 0 unspecified atom stereocenters. The summed E-state index contributed by atoms with van der Waals surface area (Å²) in [6.45, 7) is 2.22. The number of hydrogen-bond acceptors (Lipinski definition) is 1. The molecule has 5 heteroatoms. The lowest BCUT2D eigenvalue weighted by atomic mass is 10.1. The van der Waals surface area contributed by atoms with Gasteiger partial charge in [0.05, 0.1) is 5.56 Å². The van der Waals surface area contributed by atoms with Gasteiger partial charge in [-0.1, -0.05) is 37.3 Å². The zero-order chi connectivity index (χ0) is 17.3. The molecule has 0 aliphatic carbocycles. The van der Waals surface area contributed by atoms with Gasteiger partial charge in [0.25, 0.3) is 0 Å². The first-order valence-corrected chi connectivity index (χ1v) is 7.67. The van der Waals surface area contributed by atoms with E-state index < -0.39 is 11.7 Å². The lowest BCUT2D eigenvalue weighted by Crippen LogP contribution is -2.05. The van der Waals surface area contributed by atoms with E-state index in [0.717, 1.165) is 28.6 Å². The number of fused-ring (bicyclic) bond motifs is 1. The maximum Gasteiger partial charge on any atom is 0.416 e. The van der Waals surface area contributed by atoms with Crippen LogP contribution >= 0.6 is 0 Å². The van der Waals surface area contributed by atoms with E-state index in [0.29, 0.717) is 18.5 Å². The molecule has 3 aromatic rings. The Morgan fingerprint density at radius 1 is 1.04 bits per heavy atom. The smallest absolute Gasteiger partial charge is 0.342 e. The van der Waals surface area contributed by atoms with Gasteiger partial charge in [-0.15, -0.1) is 0 Å². The van der Waals surface area contributed by atoms with Gasteiger partial charge < -0.3 is 4.57 Å². The number of ketones is 1. The molecule has 0 radical (unpaired) electrons. The van der Waals surface area contributed by atoms with Crippen LogP contribution in [0.25, 0.3) is 10.9 Å². The van der Waals surface area contributed by atoms with Crippen LogP contribution in [0, 0.1) is 0 Å². The van der Waals surface area contributed by atoms with Crippen molar-refractivity contribution in [2.24, 2.45) is 0 Å². The van der Waals surface area contributed by atoms with Crippen molar-refractivity contribution in [2.45, 2.75) is 26.1 Å². The molecule has 0 spiro atoms. The van der Waals surface area contributed by atoms with Gasteiger partial charge >= 0.3 is 6.18 Å². The Hall–Kier alpha value is -2.56. The quantitative estimate of drug-likeness (QED) is 0.595. The molecule has 124 valence electrons. The van der Waals surface area contributed by atoms with Crippen molar-refractivity contribution in [3.8, 4) is 0 Å².